The maximum Gasteiger partial charge on any atom is 0.276 e. The van der Waals surface area contributed by atoms with Gasteiger partial charge >= 0.3 is 0 Å². The molecule has 0 aliphatic carbocycles. The van der Waals surface area contributed by atoms with Gasteiger partial charge in [0, 0.05) is 11.3 Å². The van der Waals surface area contributed by atoms with Gasteiger partial charge in [-0.2, -0.15) is 0 Å². The van der Waals surface area contributed by atoms with E-state index in [4.69, 9.17) is 9.47 Å². The lowest BCUT2D eigenvalue weighted by molar-refractivity contribution is -0.123. The van der Waals surface area contributed by atoms with Crippen molar-refractivity contribution in [3.8, 4) is 11.5 Å². The minimum Gasteiger partial charge on any atom is -0.494 e. The molecule has 0 spiro atoms. The summed E-state index contributed by atoms with van der Waals surface area (Å²) in [4.78, 5) is 24.3. The van der Waals surface area contributed by atoms with Gasteiger partial charge in [-0.3, -0.25) is 25.2 Å². The molecule has 0 saturated carbocycles. The second kappa shape index (κ2) is 11.4. The number of carbonyl (C=O) groups is 2. The molecule has 10 heteroatoms. The van der Waals surface area contributed by atoms with Crippen molar-refractivity contribution in [1.29, 1.82) is 0 Å². The van der Waals surface area contributed by atoms with Gasteiger partial charge in [0.25, 0.3) is 21.8 Å². The number of sulfonamides is 1. The van der Waals surface area contributed by atoms with E-state index >= 15 is 0 Å². The third-order valence-corrected chi connectivity index (χ3v) is 6.41. The summed E-state index contributed by atoms with van der Waals surface area (Å²) in [5, 5.41) is 0. The lowest BCUT2D eigenvalue weighted by Gasteiger charge is -2.11. The Morgan fingerprint density at radius 3 is 2.09 bits per heavy atom. The van der Waals surface area contributed by atoms with Crippen molar-refractivity contribution in [2.75, 3.05) is 17.9 Å². The highest BCUT2D eigenvalue weighted by Crippen LogP contribution is 2.20. The van der Waals surface area contributed by atoms with Gasteiger partial charge in [-0.1, -0.05) is 6.07 Å². The van der Waals surface area contributed by atoms with Crippen LogP contribution in [0.3, 0.4) is 0 Å². The molecule has 184 valence electrons. The van der Waals surface area contributed by atoms with Crippen LogP contribution < -0.4 is 25.0 Å². The molecule has 0 aliphatic heterocycles. The number of nitrogens with one attached hydrogen (secondary N) is 3. The molecule has 0 heterocycles. The molecule has 0 aliphatic rings. The first-order chi connectivity index (χ1) is 16.7. The summed E-state index contributed by atoms with van der Waals surface area (Å²) < 4.78 is 38.3. The van der Waals surface area contributed by atoms with Crippen molar-refractivity contribution < 1.29 is 27.5 Å². The fourth-order valence-corrected chi connectivity index (χ4v) is 4.03. The zero-order valence-corrected chi connectivity index (χ0v) is 20.4. The van der Waals surface area contributed by atoms with Crippen molar-refractivity contribution in [2.45, 2.75) is 25.7 Å². The Kier molecular flexibility index (Phi) is 8.32. The van der Waals surface area contributed by atoms with Crippen LogP contribution in [-0.4, -0.2) is 33.4 Å². The SMILES string of the molecule is CCOc1ccc(S(=O)(=O)Nc2ccc(C(=O)NNC(=O)COc3ccc(C)c(C)c3)cc2)cc1. The summed E-state index contributed by atoms with van der Waals surface area (Å²) in [5.74, 6) is 0.0327. The van der Waals surface area contributed by atoms with E-state index in [0.29, 0.717) is 18.1 Å². The molecule has 0 aromatic heterocycles. The van der Waals surface area contributed by atoms with E-state index in [1.165, 1.54) is 36.4 Å². The number of carbonyl (C=O) groups excluding carboxylic acids is 2. The number of anilines is 1. The van der Waals surface area contributed by atoms with Gasteiger partial charge in [0.1, 0.15) is 11.5 Å². The van der Waals surface area contributed by atoms with E-state index in [2.05, 4.69) is 15.6 Å². The second-order valence-electron chi connectivity index (χ2n) is 7.62. The van der Waals surface area contributed by atoms with Crippen LogP contribution in [0.4, 0.5) is 5.69 Å². The van der Waals surface area contributed by atoms with E-state index in [9.17, 15) is 18.0 Å². The van der Waals surface area contributed by atoms with Gasteiger partial charge in [-0.05, 0) is 92.6 Å². The van der Waals surface area contributed by atoms with Crippen LogP contribution in [0.2, 0.25) is 0 Å². The summed E-state index contributed by atoms with van der Waals surface area (Å²) in [6, 6.07) is 17.3. The van der Waals surface area contributed by atoms with Crippen LogP contribution in [0.25, 0.3) is 0 Å². The first kappa shape index (κ1) is 25.6. The highest BCUT2D eigenvalue weighted by molar-refractivity contribution is 7.92. The predicted molar refractivity (Wildman–Crippen MR) is 132 cm³/mol. The Hall–Kier alpha value is -4.05. The van der Waals surface area contributed by atoms with Crippen molar-refractivity contribution in [3.63, 3.8) is 0 Å². The summed E-state index contributed by atoms with van der Waals surface area (Å²) in [6.45, 7) is 5.97. The van der Waals surface area contributed by atoms with Gasteiger partial charge in [0.15, 0.2) is 6.61 Å². The first-order valence-corrected chi connectivity index (χ1v) is 12.3. The normalized spacial score (nSPS) is 10.8. The van der Waals surface area contributed by atoms with E-state index in [-0.39, 0.29) is 22.8 Å². The molecule has 0 saturated heterocycles. The largest absolute Gasteiger partial charge is 0.494 e. The average molecular weight is 498 g/mol. The van der Waals surface area contributed by atoms with E-state index in [1.807, 2.05) is 32.9 Å². The van der Waals surface area contributed by atoms with Crippen LogP contribution in [0.5, 0.6) is 11.5 Å². The van der Waals surface area contributed by atoms with Gasteiger partial charge < -0.3 is 9.47 Å². The highest BCUT2D eigenvalue weighted by Gasteiger charge is 2.15. The molecule has 35 heavy (non-hydrogen) atoms. The Balaban J connectivity index is 1.50. The van der Waals surface area contributed by atoms with Gasteiger partial charge in [0.05, 0.1) is 11.5 Å². The lowest BCUT2D eigenvalue weighted by Crippen LogP contribution is -2.43. The number of aryl methyl sites for hydroxylation is 2. The first-order valence-electron chi connectivity index (χ1n) is 10.8. The molecule has 9 nitrogen and oxygen atoms in total. The van der Waals surface area contributed by atoms with Crippen molar-refractivity contribution in [2.24, 2.45) is 0 Å². The quantitative estimate of drug-likeness (QED) is 0.390. The number of amides is 2. The fraction of sp³-hybridized carbons (Fsp3) is 0.200. The standard InChI is InChI=1S/C25H27N3O6S/c1-4-33-21-11-13-23(14-12-21)35(31,32)28-20-8-6-19(7-9-20)25(30)27-26-24(29)16-34-22-10-5-17(2)18(3)15-22/h5-15,28H,4,16H2,1-3H3,(H,26,29)(H,27,30). The van der Waals surface area contributed by atoms with Crippen molar-refractivity contribution in [3.05, 3.63) is 83.4 Å². The van der Waals surface area contributed by atoms with Crippen molar-refractivity contribution >= 4 is 27.5 Å². The van der Waals surface area contributed by atoms with Crippen LogP contribution in [0.15, 0.2) is 71.6 Å². The molecule has 2 amide bonds. The second-order valence-corrected chi connectivity index (χ2v) is 9.31. The molecular formula is C25H27N3O6S. The van der Waals surface area contributed by atoms with E-state index in [1.54, 1.807) is 18.2 Å². The van der Waals surface area contributed by atoms with Crippen LogP contribution in [0.1, 0.15) is 28.4 Å². The zero-order valence-electron chi connectivity index (χ0n) is 19.6. The van der Waals surface area contributed by atoms with Crippen LogP contribution in [0, 0.1) is 13.8 Å². The molecular weight excluding hydrogens is 470 g/mol. The third kappa shape index (κ3) is 7.21. The molecule has 0 bridgehead atoms. The molecule has 0 unspecified atom stereocenters. The summed E-state index contributed by atoms with van der Waals surface area (Å²) >= 11 is 0. The Morgan fingerprint density at radius 2 is 1.46 bits per heavy atom. The van der Waals surface area contributed by atoms with Crippen LogP contribution in [-0.2, 0) is 14.8 Å². The molecule has 3 rings (SSSR count). The number of benzene rings is 3. The Bertz CT molecular complexity index is 1290. The fourth-order valence-electron chi connectivity index (χ4n) is 2.97. The van der Waals surface area contributed by atoms with E-state index < -0.39 is 21.8 Å². The molecule has 0 fully saturated rings. The monoisotopic (exact) mass is 497 g/mol. The molecule has 3 N–H and O–H groups in total. The number of rotatable bonds is 9. The predicted octanol–water partition coefficient (Wildman–Crippen LogP) is 3.34. The zero-order chi connectivity index (χ0) is 25.4. The number of hydrazine groups is 1. The highest BCUT2D eigenvalue weighted by atomic mass is 32.2. The van der Waals surface area contributed by atoms with E-state index in [0.717, 1.165) is 11.1 Å². The van der Waals surface area contributed by atoms with Gasteiger partial charge in [-0.15, -0.1) is 0 Å². The molecule has 3 aromatic carbocycles. The summed E-state index contributed by atoms with van der Waals surface area (Å²) in [5.41, 5.74) is 7.24. The Labute approximate surface area is 204 Å². The minimum absolute atomic E-state index is 0.0773. The van der Waals surface area contributed by atoms with Crippen molar-refractivity contribution in [1.82, 2.24) is 10.9 Å². The number of ether oxygens (including phenoxy) is 2. The maximum atomic E-state index is 12.6. The topological polar surface area (TPSA) is 123 Å². The maximum absolute atomic E-state index is 12.6. The third-order valence-electron chi connectivity index (χ3n) is 5.01. The lowest BCUT2D eigenvalue weighted by atomic mass is 10.1. The van der Waals surface area contributed by atoms with Gasteiger partial charge in [0.2, 0.25) is 0 Å². The number of hydrogen-bond donors (Lipinski definition) is 3. The summed E-state index contributed by atoms with van der Waals surface area (Å²) in [6.07, 6.45) is 0. The van der Waals surface area contributed by atoms with Crippen LogP contribution >= 0.6 is 0 Å². The molecule has 0 atom stereocenters. The number of hydrogen-bond acceptors (Lipinski definition) is 6. The Morgan fingerprint density at radius 1 is 0.800 bits per heavy atom. The summed E-state index contributed by atoms with van der Waals surface area (Å²) in [7, 11) is -3.81. The molecule has 0 radical (unpaired) electrons. The average Bonchev–Trinajstić information content (AvgIpc) is 2.84. The smallest absolute Gasteiger partial charge is 0.276 e. The minimum atomic E-state index is -3.81. The molecule has 3 aromatic rings. The van der Waals surface area contributed by atoms with Gasteiger partial charge in [-0.25, -0.2) is 8.42 Å².